The Balaban J connectivity index is 1.63. The summed E-state index contributed by atoms with van der Waals surface area (Å²) in [5.74, 6) is 0.263. The van der Waals surface area contributed by atoms with Crippen LogP contribution >= 0.6 is 0 Å². The minimum absolute atomic E-state index is 0.0444. The van der Waals surface area contributed by atoms with Crippen molar-refractivity contribution in [2.24, 2.45) is 5.10 Å². The fourth-order valence-electron chi connectivity index (χ4n) is 3.00. The number of hydrazone groups is 1. The molecule has 152 valence electrons. The Morgan fingerprint density at radius 1 is 0.839 bits per heavy atom. The van der Waals surface area contributed by atoms with Crippen LogP contribution in [-0.4, -0.2) is 29.2 Å². The molecule has 3 aromatic carbocycles. The zero-order valence-corrected chi connectivity index (χ0v) is 16.9. The summed E-state index contributed by atoms with van der Waals surface area (Å²) in [6, 6.07) is 28.6. The molecule has 0 atom stereocenters. The molecule has 0 aliphatic heterocycles. The van der Waals surface area contributed by atoms with Gasteiger partial charge in [-0.15, -0.1) is 0 Å². The van der Waals surface area contributed by atoms with Gasteiger partial charge in [-0.3, -0.25) is 4.79 Å². The Morgan fingerprint density at radius 2 is 1.45 bits per heavy atom. The number of nitrogens with zero attached hydrogens (tertiary/aromatic N) is 3. The summed E-state index contributed by atoms with van der Waals surface area (Å²) < 4.78 is 5.19. The first-order chi connectivity index (χ1) is 15.2. The lowest BCUT2D eigenvalue weighted by molar-refractivity contribution is 0.0945. The molecule has 6 nitrogen and oxygen atoms in total. The molecule has 1 amide bonds. The number of nitrogens with one attached hydrogen (secondary N) is 1. The Kier molecular flexibility index (Phi) is 6.09. The van der Waals surface area contributed by atoms with Crippen LogP contribution < -0.4 is 10.2 Å². The van der Waals surface area contributed by atoms with Crippen LogP contribution in [-0.2, 0) is 0 Å². The summed E-state index contributed by atoms with van der Waals surface area (Å²) in [6.45, 7) is 0. The number of carbonyl (C=O) groups excluding carboxylic acids is 1. The maximum Gasteiger partial charge on any atom is 0.309 e. The first kappa shape index (κ1) is 20.0. The minimum atomic E-state index is -0.492. The van der Waals surface area contributed by atoms with Gasteiger partial charge in [0.1, 0.15) is 5.75 Å². The number of rotatable bonds is 6. The van der Waals surface area contributed by atoms with Gasteiger partial charge in [-0.1, -0.05) is 72.8 Å². The second kappa shape index (κ2) is 9.45. The highest BCUT2D eigenvalue weighted by Gasteiger charge is 2.14. The van der Waals surface area contributed by atoms with Crippen LogP contribution in [0.5, 0.6) is 5.75 Å². The normalized spacial score (nSPS) is 10.7. The van der Waals surface area contributed by atoms with E-state index in [1.807, 2.05) is 91.0 Å². The quantitative estimate of drug-likeness (QED) is 0.374. The molecule has 1 heterocycles. The largest absolute Gasteiger partial charge is 0.497 e. The highest BCUT2D eigenvalue weighted by molar-refractivity contribution is 5.92. The van der Waals surface area contributed by atoms with Crippen LogP contribution in [0, 0.1) is 0 Å². The van der Waals surface area contributed by atoms with Crippen molar-refractivity contribution in [2.75, 3.05) is 7.11 Å². The summed E-state index contributed by atoms with van der Waals surface area (Å²) in [4.78, 5) is 21.7. The second-order valence-corrected chi connectivity index (χ2v) is 6.67. The van der Waals surface area contributed by atoms with E-state index in [0.29, 0.717) is 17.1 Å². The van der Waals surface area contributed by atoms with Crippen LogP contribution in [0.2, 0.25) is 0 Å². The summed E-state index contributed by atoms with van der Waals surface area (Å²) in [6.07, 6.45) is 1.54. The van der Waals surface area contributed by atoms with Crippen LogP contribution in [0.25, 0.3) is 22.5 Å². The third-order valence-corrected chi connectivity index (χ3v) is 4.54. The summed E-state index contributed by atoms with van der Waals surface area (Å²) in [7, 11) is 1.60. The smallest absolute Gasteiger partial charge is 0.309 e. The van der Waals surface area contributed by atoms with Crippen LogP contribution in [0.3, 0.4) is 0 Å². The fourth-order valence-corrected chi connectivity index (χ4v) is 3.00. The number of benzene rings is 3. The third-order valence-electron chi connectivity index (χ3n) is 4.54. The molecule has 1 N–H and O–H groups in total. The van der Waals surface area contributed by atoms with E-state index in [-0.39, 0.29) is 5.82 Å². The van der Waals surface area contributed by atoms with E-state index in [2.05, 4.69) is 20.5 Å². The molecule has 4 aromatic rings. The Hall–Kier alpha value is -4.32. The van der Waals surface area contributed by atoms with Gasteiger partial charge in [0.2, 0.25) is 5.82 Å². The van der Waals surface area contributed by atoms with Gasteiger partial charge in [-0.25, -0.2) is 15.4 Å². The standard InChI is InChI=1S/C25H20N4O2/c1-31-21-14-8-9-18(15-21)17-26-29-25(30)24-27-22(19-10-4-2-5-11-19)16-23(28-24)20-12-6-3-7-13-20/h2-17H,1H3,(H,29,30). The maximum atomic E-state index is 12.8. The minimum Gasteiger partial charge on any atom is -0.497 e. The first-order valence-electron chi connectivity index (χ1n) is 9.70. The van der Waals surface area contributed by atoms with Crippen molar-refractivity contribution in [1.29, 1.82) is 0 Å². The van der Waals surface area contributed by atoms with Crippen molar-refractivity contribution in [3.63, 3.8) is 0 Å². The molecule has 0 saturated heterocycles. The number of amides is 1. The van der Waals surface area contributed by atoms with Crippen LogP contribution in [0.1, 0.15) is 16.2 Å². The molecule has 1 aromatic heterocycles. The van der Waals surface area contributed by atoms with E-state index in [9.17, 15) is 4.79 Å². The molecule has 0 saturated carbocycles. The SMILES string of the molecule is COc1cccc(C=NNC(=O)c2nc(-c3ccccc3)cc(-c3ccccc3)n2)c1. The van der Waals surface area contributed by atoms with Crippen molar-refractivity contribution < 1.29 is 9.53 Å². The summed E-state index contributed by atoms with van der Waals surface area (Å²) >= 11 is 0. The van der Waals surface area contributed by atoms with E-state index in [4.69, 9.17) is 4.74 Å². The average molecular weight is 408 g/mol. The lowest BCUT2D eigenvalue weighted by Crippen LogP contribution is -2.21. The van der Waals surface area contributed by atoms with Crippen molar-refractivity contribution in [1.82, 2.24) is 15.4 Å². The number of carbonyl (C=O) groups is 1. The Labute approximate surface area is 180 Å². The Bertz CT molecular complexity index is 1150. The van der Waals surface area contributed by atoms with E-state index < -0.39 is 5.91 Å². The lowest BCUT2D eigenvalue weighted by atomic mass is 10.1. The second-order valence-electron chi connectivity index (χ2n) is 6.67. The number of hydrogen-bond donors (Lipinski definition) is 1. The number of aromatic nitrogens is 2. The maximum absolute atomic E-state index is 12.8. The molecule has 0 bridgehead atoms. The molecule has 0 radical (unpaired) electrons. The van der Waals surface area contributed by atoms with Crippen LogP contribution in [0.15, 0.2) is 96.1 Å². The van der Waals surface area contributed by atoms with Gasteiger partial charge in [0, 0.05) is 11.1 Å². The van der Waals surface area contributed by atoms with Gasteiger partial charge in [0.15, 0.2) is 0 Å². The molecule has 0 aliphatic rings. The molecular weight excluding hydrogens is 388 g/mol. The van der Waals surface area contributed by atoms with Crippen molar-refractivity contribution in [2.45, 2.75) is 0 Å². The lowest BCUT2D eigenvalue weighted by Gasteiger charge is -2.08. The average Bonchev–Trinajstić information content (AvgIpc) is 2.85. The van der Waals surface area contributed by atoms with Gasteiger partial charge in [0.25, 0.3) is 0 Å². The number of hydrogen-bond acceptors (Lipinski definition) is 5. The van der Waals surface area contributed by atoms with E-state index in [1.165, 1.54) is 0 Å². The summed E-state index contributed by atoms with van der Waals surface area (Å²) in [5.41, 5.74) is 6.43. The zero-order valence-electron chi connectivity index (χ0n) is 16.9. The van der Waals surface area contributed by atoms with Gasteiger partial charge in [-0.2, -0.15) is 5.10 Å². The summed E-state index contributed by atoms with van der Waals surface area (Å²) in [5, 5.41) is 4.04. The molecule has 4 rings (SSSR count). The molecule has 0 unspecified atom stereocenters. The molecule has 0 aliphatic carbocycles. The van der Waals surface area contributed by atoms with E-state index >= 15 is 0 Å². The van der Waals surface area contributed by atoms with E-state index in [1.54, 1.807) is 13.3 Å². The molecular formula is C25H20N4O2. The number of methoxy groups -OCH3 is 1. The Morgan fingerprint density at radius 3 is 2.03 bits per heavy atom. The van der Waals surface area contributed by atoms with E-state index in [0.717, 1.165) is 16.7 Å². The molecule has 0 spiro atoms. The van der Waals surface area contributed by atoms with Crippen molar-refractivity contribution >= 4 is 12.1 Å². The first-order valence-corrected chi connectivity index (χ1v) is 9.70. The molecule has 0 fully saturated rings. The van der Waals surface area contributed by atoms with Crippen LogP contribution in [0.4, 0.5) is 0 Å². The highest BCUT2D eigenvalue weighted by atomic mass is 16.5. The van der Waals surface area contributed by atoms with Gasteiger partial charge in [-0.05, 0) is 23.8 Å². The predicted molar refractivity (Wildman–Crippen MR) is 121 cm³/mol. The van der Waals surface area contributed by atoms with Crippen molar-refractivity contribution in [3.8, 4) is 28.3 Å². The van der Waals surface area contributed by atoms with Crippen molar-refractivity contribution in [3.05, 3.63) is 102 Å². The fraction of sp³-hybridized carbons (Fsp3) is 0.0400. The monoisotopic (exact) mass is 408 g/mol. The zero-order chi connectivity index (χ0) is 21.5. The molecule has 6 heteroatoms. The highest BCUT2D eigenvalue weighted by Crippen LogP contribution is 2.23. The van der Waals surface area contributed by atoms with Gasteiger partial charge >= 0.3 is 5.91 Å². The van der Waals surface area contributed by atoms with Gasteiger partial charge < -0.3 is 4.74 Å². The number of ether oxygens (including phenoxy) is 1. The molecule has 31 heavy (non-hydrogen) atoms. The van der Waals surface area contributed by atoms with Gasteiger partial charge in [0.05, 0.1) is 24.7 Å². The topological polar surface area (TPSA) is 76.5 Å². The third kappa shape index (κ3) is 5.00. The predicted octanol–water partition coefficient (Wildman–Crippen LogP) is 4.58.